The van der Waals surface area contributed by atoms with Crippen molar-refractivity contribution in [3.63, 3.8) is 0 Å². The summed E-state index contributed by atoms with van der Waals surface area (Å²) in [6.45, 7) is 2.54. The number of benzene rings is 2. The van der Waals surface area contributed by atoms with Crippen LogP contribution in [-0.4, -0.2) is 39.9 Å². The fraction of sp³-hybridized carbons (Fsp3) is 0.167. The maximum Gasteiger partial charge on any atom is 0.216 e. The predicted molar refractivity (Wildman–Crippen MR) is 102 cm³/mol. The SMILES string of the molecule is CCOc1ccc(-c2n[nH]c(=S)n2/N=C\c2cccc(OC)c2O)cc1. The number of aromatic nitrogens is 3. The lowest BCUT2D eigenvalue weighted by molar-refractivity contribution is 0.340. The molecule has 0 spiro atoms. The normalized spacial score (nSPS) is 11.0. The molecule has 26 heavy (non-hydrogen) atoms. The highest BCUT2D eigenvalue weighted by Gasteiger charge is 2.09. The molecule has 0 radical (unpaired) electrons. The van der Waals surface area contributed by atoms with Gasteiger partial charge in [0.25, 0.3) is 0 Å². The van der Waals surface area contributed by atoms with Crippen molar-refractivity contribution >= 4 is 18.4 Å². The smallest absolute Gasteiger partial charge is 0.216 e. The van der Waals surface area contributed by atoms with Gasteiger partial charge in [-0.25, -0.2) is 5.10 Å². The van der Waals surface area contributed by atoms with E-state index in [1.165, 1.54) is 18.0 Å². The maximum atomic E-state index is 10.2. The summed E-state index contributed by atoms with van der Waals surface area (Å²) in [6, 6.07) is 12.6. The number of aromatic hydroxyl groups is 1. The minimum absolute atomic E-state index is 0.0105. The van der Waals surface area contributed by atoms with Gasteiger partial charge in [-0.1, -0.05) is 6.07 Å². The van der Waals surface area contributed by atoms with Crippen LogP contribution in [0, 0.1) is 4.77 Å². The summed E-state index contributed by atoms with van der Waals surface area (Å²) >= 11 is 5.26. The summed E-state index contributed by atoms with van der Waals surface area (Å²) in [6.07, 6.45) is 1.50. The fourth-order valence-electron chi connectivity index (χ4n) is 2.38. The number of hydrogen-bond acceptors (Lipinski definition) is 6. The first-order valence-corrected chi connectivity index (χ1v) is 8.35. The van der Waals surface area contributed by atoms with Gasteiger partial charge in [0.1, 0.15) is 5.75 Å². The summed E-state index contributed by atoms with van der Waals surface area (Å²) in [5, 5.41) is 21.5. The van der Waals surface area contributed by atoms with Crippen LogP contribution in [0.2, 0.25) is 0 Å². The van der Waals surface area contributed by atoms with Gasteiger partial charge in [-0.05, 0) is 55.5 Å². The van der Waals surface area contributed by atoms with Crippen LogP contribution in [0.25, 0.3) is 11.4 Å². The Bertz CT molecular complexity index is 977. The van der Waals surface area contributed by atoms with Gasteiger partial charge in [0.15, 0.2) is 17.3 Å². The Hall–Kier alpha value is -3.13. The Kier molecular flexibility index (Phi) is 5.33. The molecule has 3 aromatic rings. The number of aromatic amines is 1. The number of ether oxygens (including phenoxy) is 2. The van der Waals surface area contributed by atoms with Crippen LogP contribution < -0.4 is 9.47 Å². The zero-order valence-corrected chi connectivity index (χ0v) is 15.2. The van der Waals surface area contributed by atoms with Crippen LogP contribution in [0.5, 0.6) is 17.2 Å². The number of para-hydroxylation sites is 1. The molecule has 2 N–H and O–H groups in total. The Morgan fingerprint density at radius 2 is 2.04 bits per heavy atom. The van der Waals surface area contributed by atoms with E-state index in [1.807, 2.05) is 31.2 Å². The number of rotatable bonds is 6. The number of nitrogens with zero attached hydrogens (tertiary/aromatic N) is 3. The number of phenols is 1. The van der Waals surface area contributed by atoms with Gasteiger partial charge in [-0.15, -0.1) is 0 Å². The van der Waals surface area contributed by atoms with Crippen molar-refractivity contribution < 1.29 is 14.6 Å². The van der Waals surface area contributed by atoms with Gasteiger partial charge < -0.3 is 14.6 Å². The standard InChI is InChI=1S/C18H18N4O3S/c1-3-25-14-9-7-12(8-10-14)17-20-21-18(26)22(17)19-11-13-5-4-6-15(24-2)16(13)23/h4-11,23H,3H2,1-2H3,(H,21,26)/b19-11-. The van der Waals surface area contributed by atoms with Crippen molar-refractivity contribution in [3.8, 4) is 28.6 Å². The molecule has 1 heterocycles. The molecule has 134 valence electrons. The summed E-state index contributed by atoms with van der Waals surface area (Å²) in [5.74, 6) is 1.71. The molecule has 0 bridgehead atoms. The third kappa shape index (κ3) is 3.60. The number of methoxy groups -OCH3 is 1. The number of hydrogen-bond donors (Lipinski definition) is 2. The molecule has 0 saturated heterocycles. The molecule has 7 nitrogen and oxygen atoms in total. The summed E-state index contributed by atoms with van der Waals surface area (Å²) < 4.78 is 12.4. The number of nitrogens with one attached hydrogen (secondary N) is 1. The molecule has 0 atom stereocenters. The molecule has 2 aromatic carbocycles. The second-order valence-electron chi connectivity index (χ2n) is 5.26. The second-order valence-corrected chi connectivity index (χ2v) is 5.65. The molecule has 1 aromatic heterocycles. The van der Waals surface area contributed by atoms with Crippen LogP contribution in [0.3, 0.4) is 0 Å². The average molecular weight is 370 g/mol. The lowest BCUT2D eigenvalue weighted by atomic mass is 10.2. The summed E-state index contributed by atoms with van der Waals surface area (Å²) in [5.41, 5.74) is 1.33. The highest BCUT2D eigenvalue weighted by atomic mass is 32.1. The van der Waals surface area contributed by atoms with Crippen molar-refractivity contribution in [2.45, 2.75) is 6.92 Å². The number of phenolic OH excluding ortho intramolecular Hbond substituents is 1. The average Bonchev–Trinajstić information content (AvgIpc) is 3.02. The van der Waals surface area contributed by atoms with E-state index in [0.29, 0.717) is 28.5 Å². The van der Waals surface area contributed by atoms with E-state index in [4.69, 9.17) is 21.7 Å². The van der Waals surface area contributed by atoms with Crippen molar-refractivity contribution in [2.24, 2.45) is 5.10 Å². The number of H-pyrrole nitrogens is 1. The molecule has 0 fully saturated rings. The molecule has 0 unspecified atom stereocenters. The minimum Gasteiger partial charge on any atom is -0.504 e. The van der Waals surface area contributed by atoms with Crippen LogP contribution in [0.15, 0.2) is 47.6 Å². The third-order valence-electron chi connectivity index (χ3n) is 3.64. The van der Waals surface area contributed by atoms with Gasteiger partial charge in [0.2, 0.25) is 4.77 Å². The first kappa shape index (κ1) is 17.7. The second kappa shape index (κ2) is 7.83. The zero-order chi connectivity index (χ0) is 18.5. The zero-order valence-electron chi connectivity index (χ0n) is 14.3. The van der Waals surface area contributed by atoms with Gasteiger partial charge in [0.05, 0.1) is 19.9 Å². The molecule has 0 aliphatic carbocycles. The Morgan fingerprint density at radius 3 is 2.73 bits per heavy atom. The third-order valence-corrected chi connectivity index (χ3v) is 3.90. The van der Waals surface area contributed by atoms with E-state index < -0.39 is 0 Å². The van der Waals surface area contributed by atoms with Crippen molar-refractivity contribution in [2.75, 3.05) is 13.7 Å². The van der Waals surface area contributed by atoms with Gasteiger partial charge in [-0.2, -0.15) is 14.9 Å². The van der Waals surface area contributed by atoms with E-state index >= 15 is 0 Å². The van der Waals surface area contributed by atoms with Crippen molar-refractivity contribution in [1.29, 1.82) is 0 Å². The summed E-state index contributed by atoms with van der Waals surface area (Å²) in [7, 11) is 1.49. The van der Waals surface area contributed by atoms with Crippen LogP contribution in [-0.2, 0) is 0 Å². The Labute approximate surface area is 155 Å². The van der Waals surface area contributed by atoms with E-state index in [9.17, 15) is 5.11 Å². The monoisotopic (exact) mass is 370 g/mol. The lowest BCUT2D eigenvalue weighted by Gasteiger charge is -2.06. The lowest BCUT2D eigenvalue weighted by Crippen LogP contribution is -1.96. The van der Waals surface area contributed by atoms with Crippen LogP contribution >= 0.6 is 12.2 Å². The Morgan fingerprint density at radius 1 is 1.27 bits per heavy atom. The quantitative estimate of drug-likeness (QED) is 0.511. The molecule has 0 amide bonds. The highest BCUT2D eigenvalue weighted by molar-refractivity contribution is 7.71. The molecule has 0 aliphatic rings. The van der Waals surface area contributed by atoms with Crippen LogP contribution in [0.1, 0.15) is 12.5 Å². The highest BCUT2D eigenvalue weighted by Crippen LogP contribution is 2.28. The van der Waals surface area contributed by atoms with Crippen molar-refractivity contribution in [3.05, 3.63) is 52.8 Å². The van der Waals surface area contributed by atoms with Gasteiger partial charge in [0, 0.05) is 11.1 Å². The molecule has 0 aliphatic heterocycles. The van der Waals surface area contributed by atoms with Crippen LogP contribution in [0.4, 0.5) is 0 Å². The fourth-order valence-corrected chi connectivity index (χ4v) is 2.56. The predicted octanol–water partition coefficient (Wildman–Crippen LogP) is 3.60. The van der Waals surface area contributed by atoms with Gasteiger partial charge >= 0.3 is 0 Å². The molecule has 3 rings (SSSR count). The molecular formula is C18H18N4O3S. The largest absolute Gasteiger partial charge is 0.504 e. The van der Waals surface area contributed by atoms with Gasteiger partial charge in [-0.3, -0.25) is 0 Å². The van der Waals surface area contributed by atoms with Crippen molar-refractivity contribution in [1.82, 2.24) is 14.9 Å². The topological polar surface area (TPSA) is 84.7 Å². The van der Waals surface area contributed by atoms with E-state index in [0.717, 1.165) is 11.3 Å². The molecule has 0 saturated carbocycles. The molecule has 8 heteroatoms. The Balaban J connectivity index is 1.95. The first-order chi connectivity index (χ1) is 12.6. The first-order valence-electron chi connectivity index (χ1n) is 7.95. The summed E-state index contributed by atoms with van der Waals surface area (Å²) in [4.78, 5) is 0. The van der Waals surface area contributed by atoms with E-state index in [2.05, 4.69) is 15.3 Å². The van der Waals surface area contributed by atoms with E-state index in [1.54, 1.807) is 18.2 Å². The van der Waals surface area contributed by atoms with E-state index in [-0.39, 0.29) is 5.75 Å². The maximum absolute atomic E-state index is 10.2. The molecular weight excluding hydrogens is 352 g/mol. The minimum atomic E-state index is 0.0105.